The number of para-hydroxylation sites is 1. The Morgan fingerprint density at radius 3 is 2.31 bits per heavy atom. The average molecular weight is 660 g/mol. The highest BCUT2D eigenvalue weighted by molar-refractivity contribution is 6.00. The first kappa shape index (κ1) is 36.3. The number of nitrogens with zero attached hydrogens (tertiary/aromatic N) is 2. The van der Waals surface area contributed by atoms with Crippen molar-refractivity contribution in [2.45, 2.75) is 89.4 Å². The maximum Gasteiger partial charge on any atom is 0.329 e. The Morgan fingerprint density at radius 2 is 1.62 bits per heavy atom. The molecule has 5 amide bonds. The number of aliphatic hydroxyl groups is 1. The number of aryl methyl sites for hydroxylation is 1. The molecule has 12 heteroatoms. The van der Waals surface area contributed by atoms with Gasteiger partial charge in [0.1, 0.15) is 5.69 Å². The van der Waals surface area contributed by atoms with Gasteiger partial charge in [0.25, 0.3) is 11.8 Å². The molecule has 48 heavy (non-hydrogen) atoms. The maximum absolute atomic E-state index is 13.9. The summed E-state index contributed by atoms with van der Waals surface area (Å²) in [4.78, 5) is 56.6. The maximum atomic E-state index is 13.9. The summed E-state index contributed by atoms with van der Waals surface area (Å²) in [6, 6.07) is 19.1. The highest BCUT2D eigenvalue weighted by Gasteiger charge is 2.41. The highest BCUT2D eigenvalue weighted by Crippen LogP contribution is 2.24. The first-order chi connectivity index (χ1) is 22.8. The fraction of sp³-hybridized carbons (Fsp3) is 0.472. The number of nitrogens with two attached hydrogens (primary N) is 1. The van der Waals surface area contributed by atoms with Crippen molar-refractivity contribution in [3.05, 3.63) is 78.0 Å². The van der Waals surface area contributed by atoms with Gasteiger partial charge in [0, 0.05) is 30.1 Å². The van der Waals surface area contributed by atoms with Gasteiger partial charge in [0.05, 0.1) is 11.9 Å². The zero-order valence-corrected chi connectivity index (χ0v) is 28.1. The third kappa shape index (κ3) is 11.3. The Hall–Kier alpha value is -4.55. The van der Waals surface area contributed by atoms with Crippen LogP contribution in [0.2, 0.25) is 0 Å². The molecule has 1 aliphatic rings. The largest absolute Gasteiger partial charge is 0.370 e. The van der Waals surface area contributed by atoms with E-state index in [-0.39, 0.29) is 18.3 Å². The minimum Gasteiger partial charge on any atom is -0.370 e. The molecule has 2 aromatic carbocycles. The number of urea groups is 1. The first-order valence-electron chi connectivity index (χ1n) is 16.7. The van der Waals surface area contributed by atoms with Gasteiger partial charge >= 0.3 is 6.03 Å². The highest BCUT2D eigenvalue weighted by atomic mass is 16.3. The van der Waals surface area contributed by atoms with Crippen molar-refractivity contribution in [2.24, 2.45) is 11.7 Å². The number of amides is 5. The van der Waals surface area contributed by atoms with Gasteiger partial charge in [0.15, 0.2) is 0 Å². The van der Waals surface area contributed by atoms with E-state index in [2.05, 4.69) is 26.4 Å². The van der Waals surface area contributed by atoms with Gasteiger partial charge in [-0.05, 0) is 70.1 Å². The molecule has 1 aromatic heterocycles. The number of hydrogen-bond acceptors (Lipinski definition) is 7. The first-order valence-corrected chi connectivity index (χ1v) is 16.7. The van der Waals surface area contributed by atoms with Crippen LogP contribution in [0.5, 0.6) is 0 Å². The molecule has 0 bridgehead atoms. The molecule has 0 saturated heterocycles. The molecule has 2 atom stereocenters. The smallest absolute Gasteiger partial charge is 0.329 e. The fourth-order valence-electron chi connectivity index (χ4n) is 6.00. The number of primary amides is 1. The number of fused-ring (bicyclic) bond motifs is 1. The van der Waals surface area contributed by atoms with Crippen LogP contribution >= 0.6 is 0 Å². The van der Waals surface area contributed by atoms with E-state index in [0.29, 0.717) is 30.8 Å². The van der Waals surface area contributed by atoms with Crippen LogP contribution in [-0.4, -0.2) is 69.2 Å². The summed E-state index contributed by atoms with van der Waals surface area (Å²) < 4.78 is 0. The number of pyridine rings is 1. The Kier molecular flexibility index (Phi) is 12.5. The van der Waals surface area contributed by atoms with Crippen LogP contribution < -0.4 is 27.1 Å². The summed E-state index contributed by atoms with van der Waals surface area (Å²) >= 11 is 0. The molecule has 1 fully saturated rings. The summed E-state index contributed by atoms with van der Waals surface area (Å²) in [5.74, 6) is -2.47. The van der Waals surface area contributed by atoms with Crippen LogP contribution in [0, 0.1) is 5.92 Å². The van der Waals surface area contributed by atoms with Gasteiger partial charge < -0.3 is 26.8 Å². The van der Waals surface area contributed by atoms with E-state index in [9.17, 15) is 24.3 Å². The topological polar surface area (TPSA) is 179 Å². The molecule has 0 aliphatic heterocycles. The molecule has 3 aromatic rings. The van der Waals surface area contributed by atoms with Crippen molar-refractivity contribution in [1.82, 2.24) is 31.4 Å². The zero-order chi connectivity index (χ0) is 34.7. The molecule has 1 heterocycles. The molecular weight excluding hydrogens is 610 g/mol. The minimum absolute atomic E-state index is 0.0438. The molecule has 4 rings (SSSR count). The number of carbonyl (C=O) groups is 4. The Balaban J connectivity index is 1.57. The monoisotopic (exact) mass is 659 g/mol. The second-order valence-electron chi connectivity index (χ2n) is 13.8. The fourth-order valence-corrected chi connectivity index (χ4v) is 6.00. The van der Waals surface area contributed by atoms with Gasteiger partial charge in [-0.15, -0.1) is 0 Å². The van der Waals surface area contributed by atoms with Crippen molar-refractivity contribution in [1.29, 1.82) is 0 Å². The van der Waals surface area contributed by atoms with Crippen LogP contribution in [0.4, 0.5) is 4.79 Å². The second kappa shape index (κ2) is 16.5. The van der Waals surface area contributed by atoms with Gasteiger partial charge in [-0.2, -0.15) is 0 Å². The standard InChI is InChI=1S/C36H49N7O5/c1-35(2,3)41-34(47)42-43(23-26-14-8-5-9-15-26)24-28(20-18-25-12-6-4-7-13-25)38-33(46)36(48,22-31(37)44)40-32(45)30-21-19-27-16-10-11-17-29(27)39-30/h4,6-7,10-13,16-17,19,21,26,28,48H,5,8-9,14-15,18,20,22-24H2,1-3H3,(H2,37,44)(H,38,46)(H,40,45)(H2,41,42,47)/t28-,36+/m0/s1. The predicted molar refractivity (Wildman–Crippen MR) is 184 cm³/mol. The summed E-state index contributed by atoms with van der Waals surface area (Å²) in [5, 5.41) is 22.3. The lowest BCUT2D eigenvalue weighted by Gasteiger charge is -2.35. The second-order valence-corrected chi connectivity index (χ2v) is 13.8. The van der Waals surface area contributed by atoms with E-state index in [1.165, 1.54) is 12.5 Å². The third-order valence-electron chi connectivity index (χ3n) is 8.31. The van der Waals surface area contributed by atoms with Crippen LogP contribution in [0.3, 0.4) is 0 Å². The van der Waals surface area contributed by atoms with E-state index in [4.69, 9.17) is 5.73 Å². The zero-order valence-electron chi connectivity index (χ0n) is 28.1. The molecule has 0 unspecified atom stereocenters. The molecule has 1 aliphatic carbocycles. The van der Waals surface area contributed by atoms with E-state index in [1.54, 1.807) is 18.2 Å². The molecule has 258 valence electrons. The molecule has 0 spiro atoms. The Labute approximate surface area is 282 Å². The number of carbonyl (C=O) groups excluding carboxylic acids is 4. The normalized spacial score (nSPS) is 15.7. The predicted octanol–water partition coefficient (Wildman–Crippen LogP) is 3.54. The minimum atomic E-state index is -2.66. The van der Waals surface area contributed by atoms with E-state index in [1.807, 2.05) is 68.2 Å². The van der Waals surface area contributed by atoms with Crippen molar-refractivity contribution >= 4 is 34.7 Å². The SMILES string of the molecule is CC(C)(C)NC(=O)NN(CC1CCCCC1)C[C@H](CCc1ccccc1)NC(=O)[C@](O)(CC(N)=O)NC(=O)c1ccc2ccccc2n1. The van der Waals surface area contributed by atoms with Crippen molar-refractivity contribution in [3.8, 4) is 0 Å². The lowest BCUT2D eigenvalue weighted by molar-refractivity contribution is -0.148. The lowest BCUT2D eigenvalue weighted by atomic mass is 9.89. The van der Waals surface area contributed by atoms with Gasteiger partial charge in [-0.1, -0.05) is 73.9 Å². The number of nitrogens with one attached hydrogen (secondary N) is 4. The molecular formula is C36H49N7O5. The number of hydrazine groups is 1. The number of aromatic nitrogens is 1. The number of rotatable bonds is 14. The summed E-state index contributed by atoms with van der Waals surface area (Å²) in [5.41, 5.74) is 6.85. The summed E-state index contributed by atoms with van der Waals surface area (Å²) in [7, 11) is 0. The molecule has 12 nitrogen and oxygen atoms in total. The van der Waals surface area contributed by atoms with Crippen LogP contribution in [0.1, 0.15) is 81.8 Å². The summed E-state index contributed by atoms with van der Waals surface area (Å²) in [6.07, 6.45) is 5.65. The Morgan fingerprint density at radius 1 is 0.938 bits per heavy atom. The van der Waals surface area contributed by atoms with Crippen LogP contribution in [-0.2, 0) is 16.0 Å². The molecule has 7 N–H and O–H groups in total. The average Bonchev–Trinajstić information content (AvgIpc) is 3.03. The van der Waals surface area contributed by atoms with Crippen molar-refractivity contribution in [2.75, 3.05) is 13.1 Å². The summed E-state index contributed by atoms with van der Waals surface area (Å²) in [6.45, 7) is 6.46. The number of hydrogen-bond donors (Lipinski definition) is 6. The van der Waals surface area contributed by atoms with E-state index < -0.39 is 41.4 Å². The van der Waals surface area contributed by atoms with Gasteiger partial charge in [-0.3, -0.25) is 19.8 Å². The third-order valence-corrected chi connectivity index (χ3v) is 8.31. The quantitative estimate of drug-likeness (QED) is 0.113. The van der Waals surface area contributed by atoms with Crippen LogP contribution in [0.15, 0.2) is 66.7 Å². The molecule has 1 saturated carbocycles. The van der Waals surface area contributed by atoms with E-state index in [0.717, 1.165) is 36.6 Å². The molecule has 0 radical (unpaired) electrons. The number of benzene rings is 2. The van der Waals surface area contributed by atoms with Gasteiger partial charge in [0.2, 0.25) is 11.6 Å². The van der Waals surface area contributed by atoms with E-state index >= 15 is 0 Å². The Bertz CT molecular complexity index is 1560. The van der Waals surface area contributed by atoms with Crippen molar-refractivity contribution in [3.63, 3.8) is 0 Å². The van der Waals surface area contributed by atoms with Crippen molar-refractivity contribution < 1.29 is 24.3 Å². The lowest BCUT2D eigenvalue weighted by Crippen LogP contribution is -2.63. The van der Waals surface area contributed by atoms with Crippen LogP contribution in [0.25, 0.3) is 10.9 Å². The van der Waals surface area contributed by atoms with Gasteiger partial charge in [-0.25, -0.2) is 14.8 Å².